The third-order valence-electron chi connectivity index (χ3n) is 1.66. The normalized spacial score (nSPS) is 12.7. The largest absolute Gasteiger partial charge is 0.366 e. The first-order chi connectivity index (χ1) is 6.79. The molecule has 0 aliphatic rings. The Morgan fingerprint density at radius 1 is 1.36 bits per heavy atom. The fourth-order valence-corrected chi connectivity index (χ4v) is 1.70. The van der Waals surface area contributed by atoms with Gasteiger partial charge in [-0.2, -0.15) is 0 Å². The van der Waals surface area contributed by atoms with Crippen LogP contribution in [-0.2, 0) is 11.3 Å². The van der Waals surface area contributed by atoms with Crippen LogP contribution in [0.1, 0.15) is 12.5 Å². The van der Waals surface area contributed by atoms with Crippen molar-refractivity contribution in [2.45, 2.75) is 19.6 Å². The number of hydrogen-bond acceptors (Lipinski definition) is 3. The van der Waals surface area contributed by atoms with E-state index < -0.39 is 0 Å². The van der Waals surface area contributed by atoms with Crippen molar-refractivity contribution in [2.24, 2.45) is 5.73 Å². The Morgan fingerprint density at radius 2 is 2.07 bits per heavy atom. The van der Waals surface area contributed by atoms with E-state index >= 15 is 0 Å². The second-order valence-electron chi connectivity index (χ2n) is 3.30. The lowest BCUT2D eigenvalue weighted by Gasteiger charge is -2.05. The van der Waals surface area contributed by atoms with Crippen molar-refractivity contribution in [3.63, 3.8) is 0 Å². The Balaban J connectivity index is 2.05. The van der Waals surface area contributed by atoms with Gasteiger partial charge in [0.25, 0.3) is 0 Å². The van der Waals surface area contributed by atoms with Crippen LogP contribution in [0.4, 0.5) is 0 Å². The fourth-order valence-electron chi connectivity index (χ4n) is 1.03. The van der Waals surface area contributed by atoms with E-state index in [1.165, 1.54) is 5.56 Å². The van der Waals surface area contributed by atoms with Crippen molar-refractivity contribution in [1.29, 1.82) is 0 Å². The van der Waals surface area contributed by atoms with E-state index in [1.54, 1.807) is 11.8 Å². The molecule has 2 N–H and O–H groups in total. The monoisotopic (exact) mass is 211 g/mol. The highest BCUT2D eigenvalue weighted by atomic mass is 32.2. The number of rotatable bonds is 6. The molecule has 78 valence electrons. The average molecular weight is 211 g/mol. The summed E-state index contributed by atoms with van der Waals surface area (Å²) in [6, 6.07) is 10.4. The minimum absolute atomic E-state index is 0.250. The molecule has 0 aliphatic heterocycles. The molecule has 1 unspecified atom stereocenters. The Morgan fingerprint density at radius 3 is 2.71 bits per heavy atom. The van der Waals surface area contributed by atoms with Crippen molar-refractivity contribution >= 4 is 11.8 Å². The highest BCUT2D eigenvalue weighted by Crippen LogP contribution is 2.05. The van der Waals surface area contributed by atoms with Crippen LogP contribution in [0.3, 0.4) is 0 Å². The molecule has 0 saturated heterocycles. The molecule has 0 spiro atoms. The van der Waals surface area contributed by atoms with Gasteiger partial charge in [0.05, 0.1) is 12.5 Å². The second-order valence-corrected chi connectivity index (χ2v) is 4.28. The summed E-state index contributed by atoms with van der Waals surface area (Å²) in [5.41, 5.74) is 6.83. The van der Waals surface area contributed by atoms with E-state index in [9.17, 15) is 0 Å². The summed E-state index contributed by atoms with van der Waals surface area (Å²) in [6.07, 6.45) is 0. The van der Waals surface area contributed by atoms with Crippen molar-refractivity contribution in [1.82, 2.24) is 0 Å². The van der Waals surface area contributed by atoms with Gasteiger partial charge in [0.2, 0.25) is 0 Å². The smallest absolute Gasteiger partial charge is 0.0926 e. The summed E-state index contributed by atoms with van der Waals surface area (Å²) in [5, 5.41) is 0. The van der Waals surface area contributed by atoms with E-state index in [4.69, 9.17) is 10.5 Å². The molecular weight excluding hydrogens is 194 g/mol. The van der Waals surface area contributed by atoms with Crippen LogP contribution in [0.25, 0.3) is 0 Å². The second kappa shape index (κ2) is 6.87. The van der Waals surface area contributed by atoms with E-state index in [0.29, 0.717) is 6.61 Å². The molecule has 0 radical (unpaired) electrons. The molecule has 1 aromatic rings. The zero-order valence-electron chi connectivity index (χ0n) is 8.48. The third kappa shape index (κ3) is 5.27. The predicted molar refractivity (Wildman–Crippen MR) is 62.2 cm³/mol. The standard InChI is InChI=1S/C11H17NOS/c1-10(12)8-14-9-13-7-11-5-3-2-4-6-11/h2-6,10H,7-9,12H2,1H3. The van der Waals surface area contributed by atoms with Gasteiger partial charge >= 0.3 is 0 Å². The van der Waals surface area contributed by atoms with Crippen LogP contribution < -0.4 is 5.73 Å². The molecule has 3 heteroatoms. The summed E-state index contributed by atoms with van der Waals surface area (Å²) in [7, 11) is 0. The van der Waals surface area contributed by atoms with Crippen molar-refractivity contribution in [3.8, 4) is 0 Å². The number of ether oxygens (including phenoxy) is 1. The fraction of sp³-hybridized carbons (Fsp3) is 0.455. The summed E-state index contributed by atoms with van der Waals surface area (Å²) in [6.45, 7) is 2.69. The molecule has 0 heterocycles. The van der Waals surface area contributed by atoms with Crippen LogP contribution in [0.2, 0.25) is 0 Å². The zero-order valence-corrected chi connectivity index (χ0v) is 9.30. The summed E-state index contributed by atoms with van der Waals surface area (Å²) in [5.74, 6) is 1.67. The first-order valence-corrected chi connectivity index (χ1v) is 5.89. The Labute approximate surface area is 89.8 Å². The molecular formula is C11H17NOS. The molecule has 0 saturated carbocycles. The van der Waals surface area contributed by atoms with E-state index in [2.05, 4.69) is 12.1 Å². The van der Waals surface area contributed by atoms with E-state index in [-0.39, 0.29) is 6.04 Å². The molecule has 14 heavy (non-hydrogen) atoms. The van der Waals surface area contributed by atoms with Gasteiger partial charge in [-0.1, -0.05) is 30.3 Å². The summed E-state index contributed by atoms with van der Waals surface area (Å²) < 4.78 is 5.48. The van der Waals surface area contributed by atoms with Crippen molar-refractivity contribution in [3.05, 3.63) is 35.9 Å². The SMILES string of the molecule is CC(N)CSCOCc1ccccc1. The van der Waals surface area contributed by atoms with Gasteiger partial charge in [0, 0.05) is 11.8 Å². The highest BCUT2D eigenvalue weighted by Gasteiger charge is 1.95. The van der Waals surface area contributed by atoms with Crippen LogP contribution >= 0.6 is 11.8 Å². The molecule has 0 aliphatic carbocycles. The molecule has 1 aromatic carbocycles. The van der Waals surface area contributed by atoms with Crippen molar-refractivity contribution < 1.29 is 4.74 Å². The predicted octanol–water partition coefficient (Wildman–Crippen LogP) is 2.24. The zero-order chi connectivity index (χ0) is 10.2. The topological polar surface area (TPSA) is 35.2 Å². The highest BCUT2D eigenvalue weighted by molar-refractivity contribution is 7.99. The quantitative estimate of drug-likeness (QED) is 0.579. The average Bonchev–Trinajstić information content (AvgIpc) is 2.18. The van der Waals surface area contributed by atoms with E-state index in [0.717, 1.165) is 11.7 Å². The molecule has 2 nitrogen and oxygen atoms in total. The van der Waals surface area contributed by atoms with Crippen LogP contribution in [0, 0.1) is 0 Å². The Kier molecular flexibility index (Phi) is 5.68. The first kappa shape index (κ1) is 11.6. The van der Waals surface area contributed by atoms with Gasteiger partial charge < -0.3 is 10.5 Å². The number of hydrogen-bond donors (Lipinski definition) is 1. The summed E-state index contributed by atoms with van der Waals surface area (Å²) >= 11 is 1.73. The van der Waals surface area contributed by atoms with Crippen molar-refractivity contribution in [2.75, 3.05) is 11.7 Å². The molecule has 1 atom stereocenters. The minimum Gasteiger partial charge on any atom is -0.366 e. The lowest BCUT2D eigenvalue weighted by atomic mass is 10.2. The van der Waals surface area contributed by atoms with Gasteiger partial charge in [0.15, 0.2) is 0 Å². The Hall–Kier alpha value is -0.510. The van der Waals surface area contributed by atoms with Crippen LogP contribution in [0.5, 0.6) is 0 Å². The molecule has 0 fully saturated rings. The van der Waals surface area contributed by atoms with E-state index in [1.807, 2.05) is 25.1 Å². The molecule has 0 bridgehead atoms. The Bertz CT molecular complexity index is 238. The van der Waals surface area contributed by atoms with Gasteiger partial charge in [0.1, 0.15) is 0 Å². The minimum atomic E-state index is 0.250. The first-order valence-electron chi connectivity index (χ1n) is 4.74. The lowest BCUT2D eigenvalue weighted by molar-refractivity contribution is 0.169. The van der Waals surface area contributed by atoms with Gasteiger partial charge in [-0.3, -0.25) is 0 Å². The lowest BCUT2D eigenvalue weighted by Crippen LogP contribution is -2.17. The van der Waals surface area contributed by atoms with Crippen LogP contribution in [-0.4, -0.2) is 17.7 Å². The molecule has 0 amide bonds. The van der Waals surface area contributed by atoms with Crippen LogP contribution in [0.15, 0.2) is 30.3 Å². The van der Waals surface area contributed by atoms with Gasteiger partial charge in [-0.05, 0) is 12.5 Å². The number of thioether (sulfide) groups is 1. The maximum absolute atomic E-state index is 5.61. The number of benzene rings is 1. The number of nitrogens with two attached hydrogens (primary N) is 1. The molecule has 0 aromatic heterocycles. The third-order valence-corrected chi connectivity index (χ3v) is 2.75. The summed E-state index contributed by atoms with van der Waals surface area (Å²) in [4.78, 5) is 0. The maximum atomic E-state index is 5.61. The van der Waals surface area contributed by atoms with Gasteiger partial charge in [-0.15, -0.1) is 11.8 Å². The maximum Gasteiger partial charge on any atom is 0.0926 e. The van der Waals surface area contributed by atoms with Gasteiger partial charge in [-0.25, -0.2) is 0 Å². The molecule has 1 rings (SSSR count).